The van der Waals surface area contributed by atoms with Crippen LogP contribution in [0, 0.1) is 0 Å². The van der Waals surface area contributed by atoms with Gasteiger partial charge in [0.05, 0.1) is 16.8 Å². The Hall–Kier alpha value is -3.43. The number of hydrogen-bond acceptors (Lipinski definition) is 7. The number of hydrazone groups is 1. The minimum absolute atomic E-state index is 0.0680. The zero-order valence-corrected chi connectivity index (χ0v) is 17.7. The second-order valence-corrected chi connectivity index (χ2v) is 8.75. The van der Waals surface area contributed by atoms with Crippen molar-refractivity contribution in [1.82, 2.24) is 4.98 Å². The highest BCUT2D eigenvalue weighted by Gasteiger charge is 2.17. The molecule has 2 aromatic carbocycles. The molecule has 1 fully saturated rings. The van der Waals surface area contributed by atoms with Gasteiger partial charge in [-0.15, -0.1) is 0 Å². The Labute approximate surface area is 182 Å². The van der Waals surface area contributed by atoms with Gasteiger partial charge in [-0.3, -0.25) is 5.43 Å². The van der Waals surface area contributed by atoms with Crippen molar-refractivity contribution < 1.29 is 8.42 Å². The fourth-order valence-electron chi connectivity index (χ4n) is 3.41. The molecule has 8 nitrogen and oxygen atoms in total. The number of nitrogens with two attached hydrogens (primary N) is 1. The summed E-state index contributed by atoms with van der Waals surface area (Å²) in [6.07, 6.45) is 3.55. The molecule has 9 heteroatoms. The number of pyridine rings is 1. The van der Waals surface area contributed by atoms with E-state index in [-0.39, 0.29) is 4.90 Å². The topological polar surface area (TPSA) is 104 Å². The van der Waals surface area contributed by atoms with Crippen LogP contribution >= 0.6 is 0 Å². The maximum absolute atomic E-state index is 11.3. The van der Waals surface area contributed by atoms with E-state index in [1.54, 1.807) is 18.3 Å². The van der Waals surface area contributed by atoms with Gasteiger partial charge in [-0.05, 0) is 54.1 Å². The lowest BCUT2D eigenvalue weighted by atomic mass is 10.2. The minimum atomic E-state index is -3.69. The summed E-state index contributed by atoms with van der Waals surface area (Å²) in [6, 6.07) is 20.4. The molecule has 0 aliphatic carbocycles. The molecule has 0 bridgehead atoms. The predicted octanol–water partition coefficient (Wildman–Crippen LogP) is 2.50. The summed E-state index contributed by atoms with van der Waals surface area (Å²) in [5.41, 5.74) is 5.70. The molecular weight excluding hydrogens is 412 g/mol. The number of anilines is 3. The smallest absolute Gasteiger partial charge is 0.238 e. The van der Waals surface area contributed by atoms with E-state index in [0.29, 0.717) is 5.69 Å². The molecule has 0 amide bonds. The normalized spacial score (nSPS) is 14.7. The predicted molar refractivity (Wildman–Crippen MR) is 124 cm³/mol. The van der Waals surface area contributed by atoms with Gasteiger partial charge in [0.15, 0.2) is 0 Å². The first-order valence-corrected chi connectivity index (χ1v) is 11.5. The van der Waals surface area contributed by atoms with Gasteiger partial charge in [-0.2, -0.15) is 5.10 Å². The maximum atomic E-state index is 11.3. The van der Waals surface area contributed by atoms with Crippen molar-refractivity contribution in [2.45, 2.75) is 4.90 Å². The van der Waals surface area contributed by atoms with Gasteiger partial charge in [0, 0.05) is 38.1 Å². The first-order valence-electron chi connectivity index (χ1n) is 9.92. The van der Waals surface area contributed by atoms with Crippen LogP contribution in [0.5, 0.6) is 0 Å². The van der Waals surface area contributed by atoms with Gasteiger partial charge >= 0.3 is 0 Å². The fourth-order valence-corrected chi connectivity index (χ4v) is 3.92. The van der Waals surface area contributed by atoms with Crippen LogP contribution in [0.2, 0.25) is 0 Å². The van der Waals surface area contributed by atoms with Crippen molar-refractivity contribution in [2.75, 3.05) is 41.4 Å². The van der Waals surface area contributed by atoms with E-state index >= 15 is 0 Å². The van der Waals surface area contributed by atoms with Crippen molar-refractivity contribution in [3.8, 4) is 0 Å². The number of sulfonamides is 1. The number of primary sulfonamides is 1. The number of hydrogen-bond donors (Lipinski definition) is 2. The van der Waals surface area contributed by atoms with E-state index in [1.165, 1.54) is 17.8 Å². The molecule has 0 radical (unpaired) electrons. The lowest BCUT2D eigenvalue weighted by molar-refractivity contribution is 0.598. The van der Waals surface area contributed by atoms with Crippen LogP contribution in [0.3, 0.4) is 0 Å². The van der Waals surface area contributed by atoms with E-state index < -0.39 is 10.0 Å². The SMILES string of the molecule is NS(=O)(=O)c1ccc(N/N=C/c2ccc(N3CCN(c4ccccn4)CC3)cc2)cc1. The summed E-state index contributed by atoms with van der Waals surface area (Å²) in [7, 11) is -3.69. The van der Waals surface area contributed by atoms with Crippen molar-refractivity contribution in [3.63, 3.8) is 0 Å². The Morgan fingerprint density at radius 3 is 2.19 bits per heavy atom. The van der Waals surface area contributed by atoms with E-state index in [4.69, 9.17) is 5.14 Å². The summed E-state index contributed by atoms with van der Waals surface area (Å²) in [4.78, 5) is 9.17. The monoisotopic (exact) mass is 436 g/mol. The highest BCUT2D eigenvalue weighted by Crippen LogP contribution is 2.19. The fraction of sp³-hybridized carbons (Fsp3) is 0.182. The number of piperazine rings is 1. The van der Waals surface area contributed by atoms with Gasteiger partial charge in [-0.25, -0.2) is 18.5 Å². The molecule has 1 aliphatic rings. The zero-order chi connectivity index (χ0) is 21.7. The van der Waals surface area contributed by atoms with Crippen molar-refractivity contribution in [2.24, 2.45) is 10.2 Å². The standard InChI is InChI=1S/C22H24N6O2S/c23-31(29,30)21-10-6-19(7-11-21)26-25-17-18-4-8-20(9-5-18)27-13-15-28(16-14-27)22-3-1-2-12-24-22/h1-12,17,26H,13-16H2,(H2,23,29,30)/b25-17+. The van der Waals surface area contributed by atoms with Gasteiger partial charge in [0.1, 0.15) is 5.82 Å². The summed E-state index contributed by atoms with van der Waals surface area (Å²) in [6.45, 7) is 3.77. The third kappa shape index (κ3) is 5.39. The number of rotatable bonds is 6. The second kappa shape index (κ2) is 9.15. The molecule has 0 saturated carbocycles. The van der Waals surface area contributed by atoms with Gasteiger partial charge < -0.3 is 9.80 Å². The average Bonchev–Trinajstić information content (AvgIpc) is 2.80. The Kier molecular flexibility index (Phi) is 6.15. The molecule has 3 N–H and O–H groups in total. The molecular formula is C22H24N6O2S. The van der Waals surface area contributed by atoms with Gasteiger partial charge in [0.25, 0.3) is 0 Å². The highest BCUT2D eigenvalue weighted by atomic mass is 32.2. The van der Waals surface area contributed by atoms with Crippen LogP contribution in [0.25, 0.3) is 0 Å². The highest BCUT2D eigenvalue weighted by molar-refractivity contribution is 7.89. The summed E-state index contributed by atoms with van der Waals surface area (Å²) in [5, 5.41) is 9.30. The van der Waals surface area contributed by atoms with Crippen LogP contribution in [0.15, 0.2) is 82.9 Å². The minimum Gasteiger partial charge on any atom is -0.368 e. The van der Waals surface area contributed by atoms with Crippen molar-refractivity contribution in [3.05, 3.63) is 78.5 Å². The summed E-state index contributed by atoms with van der Waals surface area (Å²) in [5.74, 6) is 1.03. The largest absolute Gasteiger partial charge is 0.368 e. The summed E-state index contributed by atoms with van der Waals surface area (Å²) < 4.78 is 22.6. The average molecular weight is 437 g/mol. The molecule has 1 aliphatic heterocycles. The molecule has 0 spiro atoms. The number of benzene rings is 2. The first-order chi connectivity index (χ1) is 15.0. The first kappa shape index (κ1) is 20.8. The van der Waals surface area contributed by atoms with Crippen LogP contribution < -0.4 is 20.4 Å². The van der Waals surface area contributed by atoms with Crippen molar-refractivity contribution >= 4 is 33.4 Å². The Balaban J connectivity index is 1.30. The molecule has 4 rings (SSSR count). The molecule has 1 saturated heterocycles. The second-order valence-electron chi connectivity index (χ2n) is 7.19. The number of aromatic nitrogens is 1. The molecule has 0 atom stereocenters. The molecule has 0 unspecified atom stereocenters. The van der Waals surface area contributed by atoms with Gasteiger partial charge in [-0.1, -0.05) is 18.2 Å². The van der Waals surface area contributed by atoms with Gasteiger partial charge in [0.2, 0.25) is 10.0 Å². The van der Waals surface area contributed by atoms with E-state index in [0.717, 1.165) is 37.6 Å². The Morgan fingerprint density at radius 1 is 0.903 bits per heavy atom. The lowest BCUT2D eigenvalue weighted by Gasteiger charge is -2.36. The third-order valence-electron chi connectivity index (χ3n) is 5.10. The molecule has 2 heterocycles. The van der Waals surface area contributed by atoms with E-state index in [2.05, 4.69) is 37.4 Å². The lowest BCUT2D eigenvalue weighted by Crippen LogP contribution is -2.46. The number of nitrogens with one attached hydrogen (secondary N) is 1. The zero-order valence-electron chi connectivity index (χ0n) is 16.9. The van der Waals surface area contributed by atoms with E-state index in [9.17, 15) is 8.42 Å². The van der Waals surface area contributed by atoms with Crippen molar-refractivity contribution in [1.29, 1.82) is 0 Å². The Morgan fingerprint density at radius 2 is 1.58 bits per heavy atom. The van der Waals surface area contributed by atoms with Crippen LogP contribution in [-0.2, 0) is 10.0 Å². The Bertz CT molecular complexity index is 1120. The third-order valence-corrected chi connectivity index (χ3v) is 6.03. The quantitative estimate of drug-likeness (QED) is 0.455. The molecule has 31 heavy (non-hydrogen) atoms. The molecule has 160 valence electrons. The molecule has 3 aromatic rings. The van der Waals surface area contributed by atoms with Crippen LogP contribution in [0.4, 0.5) is 17.2 Å². The van der Waals surface area contributed by atoms with Crippen LogP contribution in [0.1, 0.15) is 5.56 Å². The van der Waals surface area contributed by atoms with Crippen LogP contribution in [-0.4, -0.2) is 45.8 Å². The number of nitrogens with zero attached hydrogens (tertiary/aromatic N) is 4. The maximum Gasteiger partial charge on any atom is 0.238 e. The van der Waals surface area contributed by atoms with E-state index in [1.807, 2.05) is 36.5 Å². The summed E-state index contributed by atoms with van der Waals surface area (Å²) >= 11 is 0. The molecule has 1 aromatic heterocycles.